The van der Waals surface area contributed by atoms with E-state index in [9.17, 15) is 4.79 Å². The molecule has 4 heteroatoms. The minimum atomic E-state index is -0.130. The predicted molar refractivity (Wildman–Crippen MR) is 64.3 cm³/mol. The first-order valence-corrected chi connectivity index (χ1v) is 5.94. The third kappa shape index (κ3) is 3.83. The molecule has 0 saturated heterocycles. The molecule has 0 bridgehead atoms. The fourth-order valence-electron chi connectivity index (χ4n) is 1.70. The molecular formula is C12H22N2O2. The highest BCUT2D eigenvalue weighted by Crippen LogP contribution is 2.24. The van der Waals surface area contributed by atoms with Crippen LogP contribution in [-0.2, 0) is 9.53 Å². The summed E-state index contributed by atoms with van der Waals surface area (Å²) in [7, 11) is 0. The van der Waals surface area contributed by atoms with Gasteiger partial charge in [-0.3, -0.25) is 4.79 Å². The van der Waals surface area contributed by atoms with Gasteiger partial charge in [-0.1, -0.05) is 0 Å². The summed E-state index contributed by atoms with van der Waals surface area (Å²) >= 11 is 0. The topological polar surface area (TPSA) is 50.7 Å². The highest BCUT2D eigenvalue weighted by molar-refractivity contribution is 6.03. The number of nitrogens with zero attached hydrogens (tertiary/aromatic N) is 1. The summed E-state index contributed by atoms with van der Waals surface area (Å²) in [5, 5.41) is 4.35. The number of hydrogen-bond donors (Lipinski definition) is 1. The van der Waals surface area contributed by atoms with Crippen LogP contribution < -0.4 is 5.43 Å². The summed E-state index contributed by atoms with van der Waals surface area (Å²) in [5.74, 6) is -0.260. The second kappa shape index (κ2) is 5.32. The molecule has 1 aliphatic rings. The van der Waals surface area contributed by atoms with Crippen molar-refractivity contribution in [1.29, 1.82) is 0 Å². The van der Waals surface area contributed by atoms with Crippen LogP contribution in [0.15, 0.2) is 5.10 Å². The molecule has 0 radical (unpaired) electrons. The molecule has 0 aromatic rings. The number of hydrogen-bond acceptors (Lipinski definition) is 4. The van der Waals surface area contributed by atoms with E-state index in [0.717, 1.165) is 25.0 Å². The Morgan fingerprint density at radius 2 is 2.25 bits per heavy atom. The SMILES string of the molecule is CCOC(=O)C1CCCC1=NNC(C)(C)C. The average molecular weight is 226 g/mol. The molecule has 0 aromatic heterocycles. The Bertz CT molecular complexity index is 279. The van der Waals surface area contributed by atoms with Crippen molar-refractivity contribution in [2.75, 3.05) is 6.61 Å². The summed E-state index contributed by atoms with van der Waals surface area (Å²) in [4.78, 5) is 11.6. The third-order valence-electron chi connectivity index (χ3n) is 2.43. The van der Waals surface area contributed by atoms with Gasteiger partial charge in [0, 0.05) is 5.54 Å². The predicted octanol–water partition coefficient (Wildman–Crippen LogP) is 2.09. The summed E-state index contributed by atoms with van der Waals surface area (Å²) < 4.78 is 5.04. The Morgan fingerprint density at radius 3 is 2.81 bits per heavy atom. The molecule has 0 aliphatic heterocycles. The zero-order valence-electron chi connectivity index (χ0n) is 10.7. The van der Waals surface area contributed by atoms with Gasteiger partial charge in [-0.05, 0) is 47.0 Å². The largest absolute Gasteiger partial charge is 0.465 e. The molecule has 1 unspecified atom stereocenters. The fraction of sp³-hybridized carbons (Fsp3) is 0.833. The van der Waals surface area contributed by atoms with Gasteiger partial charge in [0.15, 0.2) is 0 Å². The number of rotatable bonds is 3. The number of hydrazone groups is 1. The van der Waals surface area contributed by atoms with Crippen LogP contribution in [-0.4, -0.2) is 23.8 Å². The molecule has 1 fully saturated rings. The third-order valence-corrected chi connectivity index (χ3v) is 2.43. The van der Waals surface area contributed by atoms with Crippen molar-refractivity contribution in [3.05, 3.63) is 0 Å². The Labute approximate surface area is 97.4 Å². The van der Waals surface area contributed by atoms with Crippen molar-refractivity contribution in [2.45, 2.75) is 52.5 Å². The van der Waals surface area contributed by atoms with E-state index in [0.29, 0.717) is 6.61 Å². The van der Waals surface area contributed by atoms with Crippen molar-refractivity contribution in [3.63, 3.8) is 0 Å². The van der Waals surface area contributed by atoms with E-state index in [1.165, 1.54) is 0 Å². The summed E-state index contributed by atoms with van der Waals surface area (Å²) in [6.07, 6.45) is 2.78. The molecule has 0 amide bonds. The number of carbonyl (C=O) groups excluding carboxylic acids is 1. The lowest BCUT2D eigenvalue weighted by Crippen LogP contribution is -2.33. The minimum absolute atomic E-state index is 0.0607. The zero-order valence-corrected chi connectivity index (χ0v) is 10.7. The van der Waals surface area contributed by atoms with Crippen LogP contribution in [0.2, 0.25) is 0 Å². The fourth-order valence-corrected chi connectivity index (χ4v) is 1.70. The van der Waals surface area contributed by atoms with Crippen LogP contribution in [0, 0.1) is 5.92 Å². The van der Waals surface area contributed by atoms with Crippen LogP contribution in [0.5, 0.6) is 0 Å². The highest BCUT2D eigenvalue weighted by atomic mass is 16.5. The smallest absolute Gasteiger partial charge is 0.314 e. The molecule has 16 heavy (non-hydrogen) atoms. The maximum absolute atomic E-state index is 11.6. The lowest BCUT2D eigenvalue weighted by molar-refractivity contribution is -0.145. The van der Waals surface area contributed by atoms with E-state index in [1.54, 1.807) is 0 Å². The van der Waals surface area contributed by atoms with Crippen LogP contribution in [0.4, 0.5) is 0 Å². The summed E-state index contributed by atoms with van der Waals surface area (Å²) in [6.45, 7) is 8.41. The zero-order chi connectivity index (χ0) is 12.2. The van der Waals surface area contributed by atoms with Gasteiger partial charge in [-0.2, -0.15) is 5.10 Å². The molecular weight excluding hydrogens is 204 g/mol. The van der Waals surface area contributed by atoms with Crippen LogP contribution in [0.25, 0.3) is 0 Å². The van der Waals surface area contributed by atoms with E-state index >= 15 is 0 Å². The maximum Gasteiger partial charge on any atom is 0.314 e. The van der Waals surface area contributed by atoms with Crippen molar-refractivity contribution < 1.29 is 9.53 Å². The van der Waals surface area contributed by atoms with Crippen molar-refractivity contribution in [2.24, 2.45) is 11.0 Å². The van der Waals surface area contributed by atoms with E-state index in [-0.39, 0.29) is 17.4 Å². The molecule has 1 saturated carbocycles. The van der Waals surface area contributed by atoms with Crippen molar-refractivity contribution >= 4 is 11.7 Å². The first kappa shape index (κ1) is 13.0. The molecule has 92 valence electrons. The summed E-state index contributed by atoms with van der Waals surface area (Å²) in [6, 6.07) is 0. The van der Waals surface area contributed by atoms with E-state index in [4.69, 9.17) is 4.74 Å². The number of ether oxygens (including phenoxy) is 1. The monoisotopic (exact) mass is 226 g/mol. The Hall–Kier alpha value is -1.06. The number of nitrogens with one attached hydrogen (secondary N) is 1. The maximum atomic E-state index is 11.6. The van der Waals surface area contributed by atoms with Crippen molar-refractivity contribution in [1.82, 2.24) is 5.43 Å². The van der Waals surface area contributed by atoms with Gasteiger partial charge in [0.2, 0.25) is 0 Å². The van der Waals surface area contributed by atoms with E-state index < -0.39 is 0 Å². The lowest BCUT2D eigenvalue weighted by atomic mass is 10.1. The van der Waals surface area contributed by atoms with Gasteiger partial charge in [0.25, 0.3) is 0 Å². The first-order valence-electron chi connectivity index (χ1n) is 5.94. The van der Waals surface area contributed by atoms with E-state index in [2.05, 4.69) is 10.5 Å². The Balaban J connectivity index is 2.61. The van der Waals surface area contributed by atoms with Gasteiger partial charge in [0.1, 0.15) is 0 Å². The van der Waals surface area contributed by atoms with Gasteiger partial charge in [-0.25, -0.2) is 0 Å². The van der Waals surface area contributed by atoms with Crippen LogP contribution in [0.1, 0.15) is 47.0 Å². The lowest BCUT2D eigenvalue weighted by Gasteiger charge is -2.19. The number of esters is 1. The summed E-state index contributed by atoms with van der Waals surface area (Å²) in [5.41, 5.74) is 3.95. The van der Waals surface area contributed by atoms with Crippen LogP contribution >= 0.6 is 0 Å². The average Bonchev–Trinajstić information content (AvgIpc) is 2.61. The van der Waals surface area contributed by atoms with Gasteiger partial charge in [-0.15, -0.1) is 0 Å². The van der Waals surface area contributed by atoms with Gasteiger partial charge < -0.3 is 10.2 Å². The molecule has 1 N–H and O–H groups in total. The van der Waals surface area contributed by atoms with Crippen LogP contribution in [0.3, 0.4) is 0 Å². The second-order valence-electron chi connectivity index (χ2n) is 5.16. The molecule has 0 aromatic carbocycles. The molecule has 0 heterocycles. The molecule has 1 rings (SSSR count). The molecule has 1 atom stereocenters. The van der Waals surface area contributed by atoms with Gasteiger partial charge >= 0.3 is 5.97 Å². The molecule has 0 spiro atoms. The Kier molecular flexibility index (Phi) is 4.33. The van der Waals surface area contributed by atoms with E-state index in [1.807, 2.05) is 27.7 Å². The second-order valence-corrected chi connectivity index (χ2v) is 5.16. The standard InChI is InChI=1S/C12H22N2O2/c1-5-16-11(15)9-7-6-8-10(9)13-14-12(2,3)4/h9,14H,5-8H2,1-4H3. The molecule has 4 nitrogen and oxygen atoms in total. The van der Waals surface area contributed by atoms with Gasteiger partial charge in [0.05, 0.1) is 18.2 Å². The normalized spacial score (nSPS) is 23.5. The minimum Gasteiger partial charge on any atom is -0.465 e. The highest BCUT2D eigenvalue weighted by Gasteiger charge is 2.30. The Morgan fingerprint density at radius 1 is 1.56 bits per heavy atom. The molecule has 1 aliphatic carbocycles. The quantitative estimate of drug-likeness (QED) is 0.592. The van der Waals surface area contributed by atoms with Crippen molar-refractivity contribution in [3.8, 4) is 0 Å². The number of carbonyl (C=O) groups is 1. The first-order chi connectivity index (χ1) is 7.44.